The molecule has 4 atom stereocenters. The lowest BCUT2D eigenvalue weighted by atomic mass is 9.95. The van der Waals surface area contributed by atoms with Gasteiger partial charge in [-0.05, 0) is 68.0 Å². The second-order valence-electron chi connectivity index (χ2n) is 13.1. The molecule has 2 aromatic carbocycles. The van der Waals surface area contributed by atoms with Gasteiger partial charge < -0.3 is 20.1 Å². The molecular formula is C35H36F2N6O2S. The van der Waals surface area contributed by atoms with Crippen LogP contribution in [0.5, 0.6) is 11.8 Å². The summed E-state index contributed by atoms with van der Waals surface area (Å²) < 4.78 is 38.2. The summed E-state index contributed by atoms with van der Waals surface area (Å²) in [6.45, 7) is 6.22. The van der Waals surface area contributed by atoms with E-state index in [-0.39, 0.29) is 39.6 Å². The van der Waals surface area contributed by atoms with Crippen LogP contribution in [0, 0.1) is 24.0 Å². The molecule has 0 aliphatic carbocycles. The Bertz CT molecular complexity index is 1890. The molecular weight excluding hydrogens is 606 g/mol. The predicted molar refractivity (Wildman–Crippen MR) is 178 cm³/mol. The number of ether oxygens (including phenoxy) is 1. The molecule has 4 saturated heterocycles. The highest BCUT2D eigenvalue weighted by Crippen LogP contribution is 2.44. The molecule has 8 rings (SSSR count). The van der Waals surface area contributed by atoms with Crippen molar-refractivity contribution < 1.29 is 18.6 Å². The van der Waals surface area contributed by atoms with Gasteiger partial charge in [0.05, 0.1) is 16.5 Å². The fourth-order valence-electron chi connectivity index (χ4n) is 8.25. The van der Waals surface area contributed by atoms with Crippen LogP contribution in [0.2, 0.25) is 0 Å². The monoisotopic (exact) mass is 642 g/mol. The van der Waals surface area contributed by atoms with Crippen LogP contribution in [0.25, 0.3) is 32.9 Å². The number of aromatic hydroxyl groups is 1. The third kappa shape index (κ3) is 4.93. The number of nitrogens with zero attached hydrogens (tertiary/aromatic N) is 5. The molecule has 4 aliphatic rings. The zero-order valence-electron chi connectivity index (χ0n) is 25.7. The number of aromatic nitrogens is 3. The van der Waals surface area contributed by atoms with E-state index in [0.29, 0.717) is 45.9 Å². The largest absolute Gasteiger partial charge is 0.508 e. The van der Waals surface area contributed by atoms with Crippen molar-refractivity contribution >= 4 is 39.3 Å². The highest BCUT2D eigenvalue weighted by Gasteiger charge is 2.49. The Kier molecular flexibility index (Phi) is 7.42. The normalized spacial score (nSPS) is 25.8. The van der Waals surface area contributed by atoms with Crippen molar-refractivity contribution in [3.8, 4) is 35.4 Å². The topological polar surface area (TPSA) is 86.6 Å². The van der Waals surface area contributed by atoms with Crippen molar-refractivity contribution in [1.29, 1.82) is 0 Å². The van der Waals surface area contributed by atoms with Crippen LogP contribution in [0.15, 0.2) is 30.5 Å². The molecule has 0 saturated carbocycles. The number of fused-ring (bicyclic) bond motifs is 5. The number of rotatable bonds is 7. The van der Waals surface area contributed by atoms with E-state index in [4.69, 9.17) is 16.1 Å². The van der Waals surface area contributed by atoms with Gasteiger partial charge in [0.1, 0.15) is 35.2 Å². The highest BCUT2D eigenvalue weighted by molar-refractivity contribution is 7.99. The Labute approximate surface area is 270 Å². The number of piperazine rings is 1. The third-order valence-corrected chi connectivity index (χ3v) is 11.4. The summed E-state index contributed by atoms with van der Waals surface area (Å²) in [5.74, 6) is 2.66. The van der Waals surface area contributed by atoms with E-state index in [1.165, 1.54) is 24.3 Å². The van der Waals surface area contributed by atoms with E-state index in [1.54, 1.807) is 6.20 Å². The van der Waals surface area contributed by atoms with E-state index in [1.807, 2.05) is 11.8 Å². The van der Waals surface area contributed by atoms with Gasteiger partial charge in [0.2, 0.25) is 0 Å². The lowest BCUT2D eigenvalue weighted by Gasteiger charge is -2.34. The lowest BCUT2D eigenvalue weighted by Crippen LogP contribution is -2.51. The number of nitrogens with one attached hydrogen (secondary N) is 1. The molecule has 0 radical (unpaired) electrons. The maximum Gasteiger partial charge on any atom is 0.319 e. The number of benzene rings is 2. The summed E-state index contributed by atoms with van der Waals surface area (Å²) >= 11 is 2.00. The van der Waals surface area contributed by atoms with E-state index in [0.717, 1.165) is 64.0 Å². The second-order valence-corrected chi connectivity index (χ2v) is 14.6. The maximum atomic E-state index is 16.9. The van der Waals surface area contributed by atoms with Crippen LogP contribution < -0.4 is 15.0 Å². The molecule has 11 heteroatoms. The maximum absolute atomic E-state index is 16.9. The minimum Gasteiger partial charge on any atom is -0.508 e. The molecule has 4 fully saturated rings. The van der Waals surface area contributed by atoms with E-state index in [2.05, 4.69) is 37.9 Å². The van der Waals surface area contributed by atoms with Crippen LogP contribution in [0.1, 0.15) is 44.6 Å². The number of anilines is 1. The first-order valence-corrected chi connectivity index (χ1v) is 17.2. The molecule has 2 aromatic heterocycles. The zero-order chi connectivity index (χ0) is 31.6. The molecule has 6 heterocycles. The Balaban J connectivity index is 1.25. The average molecular weight is 643 g/mol. The Morgan fingerprint density at radius 2 is 2.00 bits per heavy atom. The molecule has 46 heavy (non-hydrogen) atoms. The standard InChI is InChI=1S/C35H36F2N6O2S/c1-3-25-28(36)9-6-20-12-23(44)13-26(29(20)25)31-30(37)32-27(15-38-31)33(42-16-21-7-8-22(17-42)39-21)41-34(40-32)45-19-35-10-5-11-43(35)18-24(14-35)46-4-2/h1,6,9,12-13,15,21-22,24,39,44H,4-5,7-8,10-11,14,16-19H2,2H3/t21?,22?,24-,35+/m1/s1. The second kappa shape index (κ2) is 11.5. The molecule has 4 aromatic rings. The van der Waals surface area contributed by atoms with Crippen LogP contribution in [-0.2, 0) is 0 Å². The number of thioether (sulfide) groups is 1. The van der Waals surface area contributed by atoms with Crippen molar-refractivity contribution in [2.45, 2.75) is 61.9 Å². The van der Waals surface area contributed by atoms with Crippen molar-refractivity contribution in [2.75, 3.05) is 43.4 Å². The van der Waals surface area contributed by atoms with Gasteiger partial charge in [-0.3, -0.25) is 9.88 Å². The number of halogens is 2. The van der Waals surface area contributed by atoms with Crippen LogP contribution in [-0.4, -0.2) is 86.4 Å². The van der Waals surface area contributed by atoms with Gasteiger partial charge in [-0.1, -0.05) is 18.9 Å². The lowest BCUT2D eigenvalue weighted by molar-refractivity contribution is 0.108. The Morgan fingerprint density at radius 3 is 2.78 bits per heavy atom. The van der Waals surface area contributed by atoms with Gasteiger partial charge >= 0.3 is 6.01 Å². The number of phenolic OH excluding ortho intramolecular Hbond substituents is 1. The van der Waals surface area contributed by atoms with Crippen LogP contribution >= 0.6 is 11.8 Å². The van der Waals surface area contributed by atoms with E-state index >= 15 is 4.39 Å². The quantitative estimate of drug-likeness (QED) is 0.254. The number of terminal acetylenes is 1. The molecule has 2 N–H and O–H groups in total. The average Bonchev–Trinajstić information content (AvgIpc) is 3.71. The summed E-state index contributed by atoms with van der Waals surface area (Å²) in [6, 6.07) is 6.39. The molecule has 8 nitrogen and oxygen atoms in total. The first kappa shape index (κ1) is 29.7. The molecule has 4 aliphatic heterocycles. The van der Waals surface area contributed by atoms with Crippen molar-refractivity contribution in [3.05, 3.63) is 47.7 Å². The Morgan fingerprint density at radius 1 is 1.17 bits per heavy atom. The van der Waals surface area contributed by atoms with Gasteiger partial charge in [-0.15, -0.1) is 6.42 Å². The number of pyridine rings is 1. The first-order chi connectivity index (χ1) is 22.4. The van der Waals surface area contributed by atoms with Crippen molar-refractivity contribution in [2.24, 2.45) is 0 Å². The number of phenols is 1. The summed E-state index contributed by atoms with van der Waals surface area (Å²) in [7, 11) is 0. The minimum atomic E-state index is -0.704. The molecule has 238 valence electrons. The highest BCUT2D eigenvalue weighted by atomic mass is 32.2. The van der Waals surface area contributed by atoms with Gasteiger partial charge in [-0.25, -0.2) is 8.78 Å². The van der Waals surface area contributed by atoms with Crippen LogP contribution in [0.3, 0.4) is 0 Å². The summed E-state index contributed by atoms with van der Waals surface area (Å²) in [5, 5.41) is 16.0. The smallest absolute Gasteiger partial charge is 0.319 e. The number of hydrogen-bond acceptors (Lipinski definition) is 9. The Hall–Kier alpha value is -3.72. The summed E-state index contributed by atoms with van der Waals surface area (Å²) in [4.78, 5) is 18.9. The predicted octanol–water partition coefficient (Wildman–Crippen LogP) is 5.49. The molecule has 0 amide bonds. The molecule has 2 bridgehead atoms. The summed E-state index contributed by atoms with van der Waals surface area (Å²) in [6.07, 6.45) is 12.7. The summed E-state index contributed by atoms with van der Waals surface area (Å²) in [5.41, 5.74) is 0.0851. The zero-order valence-corrected chi connectivity index (χ0v) is 26.5. The van der Waals surface area contributed by atoms with Crippen molar-refractivity contribution in [1.82, 2.24) is 25.2 Å². The first-order valence-electron chi connectivity index (χ1n) is 16.1. The van der Waals surface area contributed by atoms with E-state index in [9.17, 15) is 9.50 Å². The van der Waals surface area contributed by atoms with Gasteiger partial charge in [-0.2, -0.15) is 21.7 Å². The van der Waals surface area contributed by atoms with Gasteiger partial charge in [0.15, 0.2) is 5.82 Å². The molecule has 0 spiro atoms. The van der Waals surface area contributed by atoms with Gasteiger partial charge in [0, 0.05) is 54.1 Å². The minimum absolute atomic E-state index is 0.0195. The van der Waals surface area contributed by atoms with Crippen LogP contribution in [0.4, 0.5) is 14.6 Å². The van der Waals surface area contributed by atoms with Crippen molar-refractivity contribution in [3.63, 3.8) is 0 Å². The fraction of sp³-hybridized carbons (Fsp3) is 0.457. The van der Waals surface area contributed by atoms with Gasteiger partial charge in [0.25, 0.3) is 0 Å². The third-order valence-electron chi connectivity index (χ3n) is 10.3. The fourth-order valence-corrected chi connectivity index (χ4v) is 9.44. The number of hydrogen-bond donors (Lipinski definition) is 2. The van der Waals surface area contributed by atoms with E-state index < -0.39 is 11.6 Å². The molecule has 2 unspecified atom stereocenters. The SMILES string of the molecule is C#Cc1c(F)ccc2cc(O)cc(-c3ncc4c(N5CC6CCC(C5)N6)nc(OC[C@@]56CCCN5C[C@H](SCC)C6)nc4c3F)c12.